The van der Waals surface area contributed by atoms with Crippen LogP contribution in [0.4, 0.5) is 19.1 Å². The van der Waals surface area contributed by atoms with Crippen LogP contribution >= 0.6 is 0 Å². The summed E-state index contributed by atoms with van der Waals surface area (Å²) in [6.45, 7) is 4.09. The average Bonchev–Trinajstić information content (AvgIpc) is 3.45. The van der Waals surface area contributed by atoms with Crippen molar-refractivity contribution in [1.82, 2.24) is 34.4 Å². The number of nitrogens with zero attached hydrogens (tertiary/aromatic N) is 8. The molecule has 164 valence electrons. The number of halogens is 3. The highest BCUT2D eigenvalue weighted by Gasteiger charge is 2.36. The fourth-order valence-electron chi connectivity index (χ4n) is 4.45. The van der Waals surface area contributed by atoms with Crippen molar-refractivity contribution in [3.63, 3.8) is 0 Å². The molecule has 1 unspecified atom stereocenters. The lowest BCUT2D eigenvalue weighted by Gasteiger charge is -2.32. The molecule has 2 saturated heterocycles. The molecule has 5 rings (SSSR count). The fourth-order valence-corrected chi connectivity index (χ4v) is 4.45. The molecule has 0 amide bonds. The summed E-state index contributed by atoms with van der Waals surface area (Å²) in [5.74, 6) is 0.641. The molecule has 5 heterocycles. The number of anilines is 1. The van der Waals surface area contributed by atoms with Gasteiger partial charge in [0, 0.05) is 38.3 Å². The smallest absolute Gasteiger partial charge is 0.341 e. The van der Waals surface area contributed by atoms with Crippen LogP contribution in [0.5, 0.6) is 0 Å². The number of likely N-dealkylation sites (tertiary alicyclic amines) is 1. The number of piperidine rings is 1. The van der Waals surface area contributed by atoms with Crippen molar-refractivity contribution in [3.05, 3.63) is 41.7 Å². The highest BCUT2D eigenvalue weighted by Crippen LogP contribution is 2.33. The Morgan fingerprint density at radius 1 is 1.03 bits per heavy atom. The molecular formula is C20H23F3N8. The van der Waals surface area contributed by atoms with Gasteiger partial charge in [-0.1, -0.05) is 0 Å². The van der Waals surface area contributed by atoms with Crippen LogP contribution in [0.25, 0.3) is 5.78 Å². The third kappa shape index (κ3) is 4.18. The SMILES string of the molecule is FC(F)(F)c1cc(C2CCCN(Cc3ccnc(N4CCCC4)n3)C2)nc2ncnn12. The van der Waals surface area contributed by atoms with Crippen molar-refractivity contribution < 1.29 is 13.2 Å². The van der Waals surface area contributed by atoms with E-state index in [1.54, 1.807) is 6.20 Å². The number of alkyl halides is 3. The van der Waals surface area contributed by atoms with Crippen molar-refractivity contribution in [2.75, 3.05) is 31.1 Å². The van der Waals surface area contributed by atoms with E-state index in [1.165, 1.54) is 0 Å². The zero-order valence-electron chi connectivity index (χ0n) is 17.0. The van der Waals surface area contributed by atoms with E-state index >= 15 is 0 Å². The van der Waals surface area contributed by atoms with Crippen LogP contribution in [0, 0.1) is 0 Å². The second kappa shape index (κ2) is 8.03. The molecule has 11 heteroatoms. The predicted octanol–water partition coefficient (Wildman–Crippen LogP) is 2.91. The van der Waals surface area contributed by atoms with Crippen molar-refractivity contribution in [2.45, 2.75) is 44.3 Å². The van der Waals surface area contributed by atoms with Crippen molar-refractivity contribution in [1.29, 1.82) is 0 Å². The monoisotopic (exact) mass is 432 g/mol. The topological polar surface area (TPSA) is 75.3 Å². The summed E-state index contributed by atoms with van der Waals surface area (Å²) in [4.78, 5) is 21.8. The Labute approximate surface area is 177 Å². The van der Waals surface area contributed by atoms with Crippen molar-refractivity contribution in [2.24, 2.45) is 0 Å². The van der Waals surface area contributed by atoms with Crippen molar-refractivity contribution >= 4 is 11.7 Å². The Hall–Kier alpha value is -2.82. The molecule has 8 nitrogen and oxygen atoms in total. The van der Waals surface area contributed by atoms with Gasteiger partial charge in [0.1, 0.15) is 6.33 Å². The molecule has 3 aromatic rings. The van der Waals surface area contributed by atoms with Crippen LogP contribution in [-0.4, -0.2) is 60.6 Å². The Balaban J connectivity index is 1.35. The summed E-state index contributed by atoms with van der Waals surface area (Å²) >= 11 is 0. The normalized spacial score (nSPS) is 20.6. The fraction of sp³-hybridized carbons (Fsp3) is 0.550. The molecule has 3 aromatic heterocycles. The molecule has 0 radical (unpaired) electrons. The number of aromatic nitrogens is 6. The Morgan fingerprint density at radius 3 is 2.68 bits per heavy atom. The molecule has 2 aliphatic rings. The van der Waals surface area contributed by atoms with Gasteiger partial charge in [0.25, 0.3) is 5.78 Å². The summed E-state index contributed by atoms with van der Waals surface area (Å²) in [7, 11) is 0. The first-order chi connectivity index (χ1) is 15.0. The molecule has 2 aliphatic heterocycles. The maximum absolute atomic E-state index is 13.5. The van der Waals surface area contributed by atoms with Gasteiger partial charge in [-0.25, -0.2) is 15.0 Å². The minimum Gasteiger partial charge on any atom is -0.341 e. The lowest BCUT2D eigenvalue weighted by Crippen LogP contribution is -2.35. The second-order valence-corrected chi connectivity index (χ2v) is 8.15. The van der Waals surface area contributed by atoms with E-state index in [4.69, 9.17) is 4.98 Å². The van der Waals surface area contributed by atoms with E-state index in [-0.39, 0.29) is 11.7 Å². The third-order valence-corrected chi connectivity index (χ3v) is 5.96. The third-order valence-electron chi connectivity index (χ3n) is 5.96. The van der Waals surface area contributed by atoms with E-state index in [1.807, 2.05) is 6.07 Å². The van der Waals surface area contributed by atoms with Crippen LogP contribution in [0.1, 0.15) is 48.7 Å². The summed E-state index contributed by atoms with van der Waals surface area (Å²) in [6.07, 6.45) is 2.35. The van der Waals surface area contributed by atoms with Gasteiger partial charge in [-0.3, -0.25) is 4.90 Å². The first-order valence-corrected chi connectivity index (χ1v) is 10.5. The largest absolute Gasteiger partial charge is 0.433 e. The second-order valence-electron chi connectivity index (χ2n) is 8.15. The van der Waals surface area contributed by atoms with Gasteiger partial charge in [0.2, 0.25) is 5.95 Å². The molecular weight excluding hydrogens is 409 g/mol. The summed E-state index contributed by atoms with van der Waals surface area (Å²) < 4.78 is 41.3. The summed E-state index contributed by atoms with van der Waals surface area (Å²) in [6, 6.07) is 3.03. The first-order valence-electron chi connectivity index (χ1n) is 10.5. The van der Waals surface area contributed by atoms with Crippen LogP contribution in [-0.2, 0) is 12.7 Å². The predicted molar refractivity (Wildman–Crippen MR) is 107 cm³/mol. The molecule has 0 N–H and O–H groups in total. The molecule has 1 atom stereocenters. The molecule has 0 spiro atoms. The molecule has 2 fully saturated rings. The van der Waals surface area contributed by atoms with Crippen LogP contribution in [0.15, 0.2) is 24.7 Å². The number of rotatable bonds is 4. The zero-order chi connectivity index (χ0) is 21.4. The van der Waals surface area contributed by atoms with E-state index in [0.29, 0.717) is 18.8 Å². The molecule has 0 bridgehead atoms. The van der Waals surface area contributed by atoms with Gasteiger partial charge in [-0.2, -0.15) is 27.8 Å². The standard InChI is InChI=1S/C20H23F3N8/c21-20(22,23)17-10-16(28-19-25-13-26-31(17)19)14-4-3-7-29(11-14)12-15-5-6-24-18(27-15)30-8-1-2-9-30/h5-6,10,13-14H,1-4,7-9,11-12H2. The molecule has 31 heavy (non-hydrogen) atoms. The van der Waals surface area contributed by atoms with Crippen LogP contribution < -0.4 is 4.90 Å². The van der Waals surface area contributed by atoms with Gasteiger partial charge in [-0.15, -0.1) is 0 Å². The Kier molecular flexibility index (Phi) is 5.20. The van der Waals surface area contributed by atoms with Gasteiger partial charge in [0.15, 0.2) is 5.69 Å². The Bertz CT molecular complexity index is 1060. The molecule has 0 saturated carbocycles. The van der Waals surface area contributed by atoms with Crippen LogP contribution in [0.2, 0.25) is 0 Å². The lowest BCUT2D eigenvalue weighted by molar-refractivity contribution is -0.142. The number of hydrogen-bond donors (Lipinski definition) is 0. The number of hydrogen-bond acceptors (Lipinski definition) is 7. The summed E-state index contributed by atoms with van der Waals surface area (Å²) in [5.41, 5.74) is 0.501. The van der Waals surface area contributed by atoms with Gasteiger partial charge < -0.3 is 4.90 Å². The van der Waals surface area contributed by atoms with E-state index in [2.05, 4.69) is 29.9 Å². The van der Waals surface area contributed by atoms with E-state index in [0.717, 1.165) is 73.9 Å². The maximum atomic E-state index is 13.5. The summed E-state index contributed by atoms with van der Waals surface area (Å²) in [5, 5.41) is 3.68. The Morgan fingerprint density at radius 2 is 1.87 bits per heavy atom. The zero-order valence-corrected chi connectivity index (χ0v) is 17.0. The quantitative estimate of drug-likeness (QED) is 0.628. The molecule has 0 aromatic carbocycles. The highest BCUT2D eigenvalue weighted by molar-refractivity contribution is 5.33. The van der Waals surface area contributed by atoms with Gasteiger partial charge in [-0.05, 0) is 44.4 Å². The van der Waals surface area contributed by atoms with Crippen molar-refractivity contribution in [3.8, 4) is 0 Å². The van der Waals surface area contributed by atoms with E-state index < -0.39 is 11.9 Å². The maximum Gasteiger partial charge on any atom is 0.433 e. The van der Waals surface area contributed by atoms with Gasteiger partial charge >= 0.3 is 6.18 Å². The highest BCUT2D eigenvalue weighted by atomic mass is 19.4. The first kappa shape index (κ1) is 20.1. The van der Waals surface area contributed by atoms with Crippen LogP contribution in [0.3, 0.4) is 0 Å². The molecule has 0 aliphatic carbocycles. The number of fused-ring (bicyclic) bond motifs is 1. The average molecular weight is 432 g/mol. The van der Waals surface area contributed by atoms with E-state index in [9.17, 15) is 13.2 Å². The van der Waals surface area contributed by atoms with Gasteiger partial charge in [0.05, 0.1) is 11.4 Å². The minimum absolute atomic E-state index is 0.0204. The lowest BCUT2D eigenvalue weighted by atomic mass is 9.94. The minimum atomic E-state index is -4.52.